The summed E-state index contributed by atoms with van der Waals surface area (Å²) in [4.78, 5) is 29.3. The fourth-order valence-electron chi connectivity index (χ4n) is 3.35. The number of imidazole rings is 1. The number of carbonyl (C=O) groups excluding carboxylic acids is 1. The molecule has 0 spiro atoms. The lowest BCUT2D eigenvalue weighted by atomic mass is 10.1. The van der Waals surface area contributed by atoms with Gasteiger partial charge in [-0.05, 0) is 6.42 Å². The minimum absolute atomic E-state index is 0.0474. The van der Waals surface area contributed by atoms with Gasteiger partial charge < -0.3 is 18.9 Å². The van der Waals surface area contributed by atoms with Gasteiger partial charge in [-0.2, -0.15) is 4.31 Å². The molecule has 168 valence electrons. The van der Waals surface area contributed by atoms with E-state index in [9.17, 15) is 23.3 Å². The molecule has 1 fully saturated rings. The molecule has 0 saturated carbocycles. The lowest BCUT2D eigenvalue weighted by Crippen LogP contribution is -2.37. The molecule has 1 aromatic heterocycles. The van der Waals surface area contributed by atoms with Crippen molar-refractivity contribution in [3.63, 3.8) is 0 Å². The highest BCUT2D eigenvalue weighted by molar-refractivity contribution is 7.89. The third-order valence-electron chi connectivity index (χ3n) is 4.96. The Morgan fingerprint density at radius 1 is 1.13 bits per heavy atom. The van der Waals surface area contributed by atoms with Gasteiger partial charge in [0.1, 0.15) is 5.56 Å². The summed E-state index contributed by atoms with van der Waals surface area (Å²) in [5, 5.41) is 11.5. The summed E-state index contributed by atoms with van der Waals surface area (Å²) in [6.07, 6.45) is 3.19. The zero-order valence-electron chi connectivity index (χ0n) is 17.3. The number of nitro groups is 1. The van der Waals surface area contributed by atoms with E-state index in [2.05, 4.69) is 4.98 Å². The Labute approximate surface area is 179 Å². The molecule has 2 heterocycles. The van der Waals surface area contributed by atoms with E-state index < -0.39 is 26.5 Å². The number of hydrogen-bond acceptors (Lipinski definition) is 8. The van der Waals surface area contributed by atoms with E-state index in [1.54, 1.807) is 7.05 Å². The Bertz CT molecular complexity index is 1100. The Kier molecular flexibility index (Phi) is 6.45. The van der Waals surface area contributed by atoms with Crippen molar-refractivity contribution in [3.05, 3.63) is 40.3 Å². The van der Waals surface area contributed by atoms with Crippen molar-refractivity contribution in [2.45, 2.75) is 11.4 Å². The standard InChI is InChI=1S/C18H23N5O7S/c1-20-11-17(19-12-20)31(27,28)22-6-4-5-21(7-8-22)18(24)13-9-15(29-2)16(30-3)10-14(13)23(25)26/h9-12H,4-8H2,1-3H3. The first-order chi connectivity index (χ1) is 14.7. The molecule has 0 N–H and O–H groups in total. The number of aryl methyl sites for hydroxylation is 1. The monoisotopic (exact) mass is 453 g/mol. The van der Waals surface area contributed by atoms with Crippen LogP contribution in [0.5, 0.6) is 11.5 Å². The Morgan fingerprint density at radius 2 is 1.81 bits per heavy atom. The smallest absolute Gasteiger partial charge is 0.286 e. The average molecular weight is 453 g/mol. The number of benzene rings is 1. The summed E-state index contributed by atoms with van der Waals surface area (Å²) in [5.74, 6) is -0.260. The molecule has 2 aromatic rings. The predicted molar refractivity (Wildman–Crippen MR) is 109 cm³/mol. The summed E-state index contributed by atoms with van der Waals surface area (Å²) in [6.45, 7) is 0.581. The van der Waals surface area contributed by atoms with Gasteiger partial charge in [0.2, 0.25) is 0 Å². The van der Waals surface area contributed by atoms with Gasteiger partial charge >= 0.3 is 0 Å². The number of ether oxygens (including phenoxy) is 2. The van der Waals surface area contributed by atoms with Gasteiger partial charge in [-0.15, -0.1) is 0 Å². The van der Waals surface area contributed by atoms with Gasteiger partial charge in [-0.3, -0.25) is 14.9 Å². The SMILES string of the molecule is COc1cc(C(=O)N2CCCN(S(=O)(=O)c3cn(C)cn3)CC2)c([N+](=O)[O-])cc1OC. The van der Waals surface area contributed by atoms with Crippen molar-refractivity contribution in [2.24, 2.45) is 7.05 Å². The molecule has 0 unspecified atom stereocenters. The van der Waals surface area contributed by atoms with Crippen LogP contribution in [-0.2, 0) is 17.1 Å². The Hall–Kier alpha value is -3.19. The van der Waals surface area contributed by atoms with E-state index in [1.807, 2.05) is 0 Å². The Morgan fingerprint density at radius 3 is 2.39 bits per heavy atom. The van der Waals surface area contributed by atoms with E-state index in [4.69, 9.17) is 9.47 Å². The number of sulfonamides is 1. The number of rotatable bonds is 6. The zero-order chi connectivity index (χ0) is 22.8. The number of carbonyl (C=O) groups is 1. The molecule has 12 nitrogen and oxygen atoms in total. The van der Waals surface area contributed by atoms with Crippen molar-refractivity contribution in [2.75, 3.05) is 40.4 Å². The number of nitro benzene ring substituents is 1. The number of amides is 1. The van der Waals surface area contributed by atoms with Crippen molar-refractivity contribution in [1.29, 1.82) is 0 Å². The third kappa shape index (κ3) is 4.46. The summed E-state index contributed by atoms with van der Waals surface area (Å²) in [7, 11) is 0.578. The first kappa shape index (κ1) is 22.5. The molecule has 0 bridgehead atoms. The lowest BCUT2D eigenvalue weighted by Gasteiger charge is -2.22. The van der Waals surface area contributed by atoms with E-state index in [1.165, 1.54) is 46.6 Å². The number of nitrogens with zero attached hydrogens (tertiary/aromatic N) is 5. The average Bonchev–Trinajstić information content (AvgIpc) is 3.04. The van der Waals surface area contributed by atoms with Crippen LogP contribution in [0.4, 0.5) is 5.69 Å². The highest BCUT2D eigenvalue weighted by atomic mass is 32.2. The molecule has 31 heavy (non-hydrogen) atoms. The fraction of sp³-hybridized carbons (Fsp3) is 0.444. The summed E-state index contributed by atoms with van der Waals surface area (Å²) >= 11 is 0. The van der Waals surface area contributed by atoms with Crippen LogP contribution >= 0.6 is 0 Å². The number of methoxy groups -OCH3 is 2. The molecule has 1 aliphatic rings. The molecule has 1 saturated heterocycles. The highest BCUT2D eigenvalue weighted by Gasteiger charge is 2.32. The maximum Gasteiger partial charge on any atom is 0.286 e. The van der Waals surface area contributed by atoms with Gasteiger partial charge in [0, 0.05) is 45.5 Å². The predicted octanol–water partition coefficient (Wildman–Crippen LogP) is 0.882. The van der Waals surface area contributed by atoms with E-state index in [0.717, 1.165) is 6.07 Å². The molecule has 1 aromatic carbocycles. The fourth-order valence-corrected chi connectivity index (χ4v) is 4.79. The van der Waals surface area contributed by atoms with Crippen LogP contribution in [0.15, 0.2) is 29.7 Å². The molecular formula is C18H23N5O7S. The van der Waals surface area contributed by atoms with Crippen molar-refractivity contribution in [1.82, 2.24) is 18.8 Å². The molecular weight excluding hydrogens is 430 g/mol. The van der Waals surface area contributed by atoms with Crippen LogP contribution in [0.3, 0.4) is 0 Å². The largest absolute Gasteiger partial charge is 0.493 e. The number of aromatic nitrogens is 2. The summed E-state index contributed by atoms with van der Waals surface area (Å²) in [6, 6.07) is 2.41. The minimum atomic E-state index is -3.80. The molecule has 13 heteroatoms. The van der Waals surface area contributed by atoms with Crippen molar-refractivity contribution >= 4 is 21.6 Å². The quantitative estimate of drug-likeness (QED) is 0.464. The first-order valence-corrected chi connectivity index (χ1v) is 10.8. The van der Waals surface area contributed by atoms with Gasteiger partial charge in [-0.25, -0.2) is 13.4 Å². The minimum Gasteiger partial charge on any atom is -0.493 e. The second kappa shape index (κ2) is 8.89. The molecule has 3 rings (SSSR count). The molecule has 0 aliphatic carbocycles. The first-order valence-electron chi connectivity index (χ1n) is 9.36. The van der Waals surface area contributed by atoms with Gasteiger partial charge in [-0.1, -0.05) is 0 Å². The highest BCUT2D eigenvalue weighted by Crippen LogP contribution is 2.35. The van der Waals surface area contributed by atoms with E-state index in [-0.39, 0.29) is 48.3 Å². The normalized spacial score (nSPS) is 15.4. The van der Waals surface area contributed by atoms with Gasteiger partial charge in [0.15, 0.2) is 16.5 Å². The molecule has 1 amide bonds. The van der Waals surface area contributed by atoms with Crippen LogP contribution in [0.1, 0.15) is 16.8 Å². The van der Waals surface area contributed by atoms with E-state index in [0.29, 0.717) is 6.42 Å². The molecule has 0 atom stereocenters. The maximum atomic E-state index is 13.1. The van der Waals surface area contributed by atoms with Crippen LogP contribution < -0.4 is 9.47 Å². The molecule has 0 radical (unpaired) electrons. The topological polar surface area (TPSA) is 137 Å². The van der Waals surface area contributed by atoms with Gasteiger partial charge in [0.25, 0.3) is 21.6 Å². The van der Waals surface area contributed by atoms with Crippen LogP contribution in [-0.4, -0.2) is 78.4 Å². The second-order valence-corrected chi connectivity index (χ2v) is 8.79. The van der Waals surface area contributed by atoms with Crippen LogP contribution in [0, 0.1) is 10.1 Å². The molecule has 1 aliphatic heterocycles. The van der Waals surface area contributed by atoms with Crippen LogP contribution in [0.25, 0.3) is 0 Å². The second-order valence-electron chi connectivity index (χ2n) is 6.91. The van der Waals surface area contributed by atoms with Crippen molar-refractivity contribution in [3.8, 4) is 11.5 Å². The van der Waals surface area contributed by atoms with Gasteiger partial charge in [0.05, 0.1) is 31.5 Å². The maximum absolute atomic E-state index is 13.1. The van der Waals surface area contributed by atoms with Crippen LogP contribution in [0.2, 0.25) is 0 Å². The number of hydrogen-bond donors (Lipinski definition) is 0. The third-order valence-corrected chi connectivity index (χ3v) is 6.74. The zero-order valence-corrected chi connectivity index (χ0v) is 18.2. The lowest BCUT2D eigenvalue weighted by molar-refractivity contribution is -0.385. The van der Waals surface area contributed by atoms with Crippen molar-refractivity contribution < 1.29 is 27.6 Å². The summed E-state index contributed by atoms with van der Waals surface area (Å²) < 4.78 is 38.7. The Balaban J connectivity index is 1.85. The summed E-state index contributed by atoms with van der Waals surface area (Å²) in [5.41, 5.74) is -0.562. The van der Waals surface area contributed by atoms with E-state index >= 15 is 0 Å².